The van der Waals surface area contributed by atoms with Gasteiger partial charge in [-0.15, -0.1) is 0 Å². The van der Waals surface area contributed by atoms with Gasteiger partial charge in [0.2, 0.25) is 11.7 Å². The Labute approximate surface area is 164 Å². The van der Waals surface area contributed by atoms with Crippen molar-refractivity contribution < 1.29 is 28.1 Å². The Bertz CT molecular complexity index is 1050. The van der Waals surface area contributed by atoms with Gasteiger partial charge in [-0.3, -0.25) is 14.9 Å². The maximum absolute atomic E-state index is 12.8. The molecule has 11 heteroatoms. The molecule has 29 heavy (non-hydrogen) atoms. The summed E-state index contributed by atoms with van der Waals surface area (Å²) >= 11 is 0. The first-order valence-electron chi connectivity index (χ1n) is 8.59. The highest BCUT2D eigenvalue weighted by Gasteiger charge is 2.38. The molecule has 11 nitrogen and oxygen atoms in total. The molecule has 0 bridgehead atoms. The fourth-order valence-electron chi connectivity index (χ4n) is 3.07. The van der Waals surface area contributed by atoms with Crippen molar-refractivity contribution in [2.75, 3.05) is 27.3 Å². The minimum atomic E-state index is -0.625. The Morgan fingerprint density at radius 2 is 2.00 bits per heavy atom. The fourth-order valence-corrected chi connectivity index (χ4v) is 3.07. The molecule has 4 rings (SSSR count). The van der Waals surface area contributed by atoms with Crippen LogP contribution in [-0.4, -0.2) is 53.2 Å². The smallest absolute Gasteiger partial charge is 0.286 e. The van der Waals surface area contributed by atoms with Crippen LogP contribution in [0.25, 0.3) is 11.6 Å². The summed E-state index contributed by atoms with van der Waals surface area (Å²) < 4.78 is 20.7. The van der Waals surface area contributed by atoms with Crippen LogP contribution in [0.1, 0.15) is 22.2 Å². The summed E-state index contributed by atoms with van der Waals surface area (Å²) in [6.45, 7) is 0.592. The van der Waals surface area contributed by atoms with Crippen LogP contribution >= 0.6 is 0 Å². The zero-order valence-electron chi connectivity index (χ0n) is 15.5. The molecule has 1 amide bonds. The van der Waals surface area contributed by atoms with Crippen molar-refractivity contribution in [2.45, 2.75) is 5.92 Å². The normalized spacial score (nSPS) is 13.8. The van der Waals surface area contributed by atoms with Crippen LogP contribution in [0, 0.1) is 10.1 Å². The molecule has 3 heterocycles. The summed E-state index contributed by atoms with van der Waals surface area (Å²) in [6, 6.07) is 5.91. The monoisotopic (exact) mass is 400 g/mol. The minimum Gasteiger partial charge on any atom is -0.493 e. The third kappa shape index (κ3) is 3.26. The van der Waals surface area contributed by atoms with Crippen LogP contribution in [0.3, 0.4) is 0 Å². The molecule has 150 valence electrons. The maximum Gasteiger partial charge on any atom is 0.286 e. The first-order chi connectivity index (χ1) is 14.0. The van der Waals surface area contributed by atoms with Crippen molar-refractivity contribution in [1.29, 1.82) is 0 Å². The summed E-state index contributed by atoms with van der Waals surface area (Å²) in [6.07, 6.45) is 1.51. The largest absolute Gasteiger partial charge is 0.493 e. The lowest BCUT2D eigenvalue weighted by molar-refractivity contribution is -0.385. The van der Waals surface area contributed by atoms with Gasteiger partial charge < -0.3 is 23.3 Å². The van der Waals surface area contributed by atoms with Gasteiger partial charge in [-0.05, 0) is 12.1 Å². The van der Waals surface area contributed by atoms with E-state index in [9.17, 15) is 14.9 Å². The van der Waals surface area contributed by atoms with Gasteiger partial charge in [0, 0.05) is 19.2 Å². The standard InChI is InChI=1S/C18H16N4O7/c1-26-14-6-11(12(22(24)25)7-15(14)27-2)18(23)21-8-10(9-21)17-19-16(20-29-17)13-4-3-5-28-13/h3-7,10H,8-9H2,1-2H3. The van der Waals surface area contributed by atoms with Gasteiger partial charge in [-0.1, -0.05) is 5.16 Å². The first-order valence-corrected chi connectivity index (χ1v) is 8.59. The SMILES string of the molecule is COc1cc(C(=O)N2CC(c3nc(-c4ccco4)no3)C2)c([N+](=O)[O-])cc1OC. The number of rotatable bonds is 6. The molecule has 0 spiro atoms. The number of methoxy groups -OCH3 is 2. The van der Waals surface area contributed by atoms with Crippen LogP contribution < -0.4 is 9.47 Å². The second-order valence-corrected chi connectivity index (χ2v) is 6.32. The van der Waals surface area contributed by atoms with E-state index >= 15 is 0 Å². The number of carbonyl (C=O) groups excluding carboxylic acids is 1. The van der Waals surface area contributed by atoms with E-state index in [4.69, 9.17) is 18.4 Å². The van der Waals surface area contributed by atoms with Crippen molar-refractivity contribution in [3.63, 3.8) is 0 Å². The van der Waals surface area contributed by atoms with E-state index in [1.54, 1.807) is 12.1 Å². The number of furan rings is 1. The summed E-state index contributed by atoms with van der Waals surface area (Å²) in [5, 5.41) is 15.3. The average molecular weight is 400 g/mol. The van der Waals surface area contributed by atoms with E-state index in [2.05, 4.69) is 10.1 Å². The quantitative estimate of drug-likeness (QED) is 0.452. The van der Waals surface area contributed by atoms with Crippen LogP contribution in [0.4, 0.5) is 5.69 Å². The van der Waals surface area contributed by atoms with Gasteiger partial charge >= 0.3 is 0 Å². The minimum absolute atomic E-state index is 0.0760. The molecule has 1 aliphatic heterocycles. The number of nitrogens with zero attached hydrogens (tertiary/aromatic N) is 4. The zero-order valence-corrected chi connectivity index (χ0v) is 15.5. The highest BCUT2D eigenvalue weighted by Crippen LogP contribution is 2.37. The van der Waals surface area contributed by atoms with Gasteiger partial charge in [-0.25, -0.2) is 0 Å². The summed E-state index contributed by atoms with van der Waals surface area (Å²) in [4.78, 5) is 29.4. The molecular weight excluding hydrogens is 384 g/mol. The lowest BCUT2D eigenvalue weighted by Crippen LogP contribution is -2.48. The Hall–Kier alpha value is -3.89. The van der Waals surface area contributed by atoms with Crippen molar-refractivity contribution in [2.24, 2.45) is 0 Å². The average Bonchev–Trinajstić information content (AvgIpc) is 3.37. The maximum atomic E-state index is 12.8. The molecule has 1 aromatic carbocycles. The van der Waals surface area contributed by atoms with Crippen molar-refractivity contribution in [1.82, 2.24) is 15.0 Å². The van der Waals surface area contributed by atoms with E-state index < -0.39 is 10.8 Å². The molecule has 0 N–H and O–H groups in total. The molecule has 0 unspecified atom stereocenters. The highest BCUT2D eigenvalue weighted by atomic mass is 16.6. The number of hydrogen-bond donors (Lipinski definition) is 0. The number of carbonyl (C=O) groups is 1. The van der Waals surface area contributed by atoms with E-state index in [1.807, 2.05) is 0 Å². The summed E-state index contributed by atoms with van der Waals surface area (Å²) in [7, 11) is 2.76. The van der Waals surface area contributed by atoms with Crippen molar-refractivity contribution in [3.8, 4) is 23.1 Å². The predicted molar refractivity (Wildman–Crippen MR) is 96.8 cm³/mol. The zero-order chi connectivity index (χ0) is 20.5. The molecule has 1 saturated heterocycles. The molecule has 0 saturated carbocycles. The summed E-state index contributed by atoms with van der Waals surface area (Å²) in [5.74, 6) is 0.946. The number of likely N-dealkylation sites (tertiary alicyclic amines) is 1. The number of nitro benzene ring substituents is 1. The third-order valence-corrected chi connectivity index (χ3v) is 4.63. The molecule has 1 aliphatic rings. The Balaban J connectivity index is 1.51. The molecule has 1 fully saturated rings. The Morgan fingerprint density at radius 1 is 1.28 bits per heavy atom. The molecule has 0 atom stereocenters. The topological polar surface area (TPSA) is 134 Å². The molecule has 3 aromatic rings. The van der Waals surface area contributed by atoms with Gasteiger partial charge in [0.15, 0.2) is 17.3 Å². The lowest BCUT2D eigenvalue weighted by Gasteiger charge is -2.37. The van der Waals surface area contributed by atoms with Crippen molar-refractivity contribution in [3.05, 3.63) is 52.1 Å². The van der Waals surface area contributed by atoms with Crippen molar-refractivity contribution >= 4 is 11.6 Å². The second-order valence-electron chi connectivity index (χ2n) is 6.32. The number of amides is 1. The molecule has 0 aliphatic carbocycles. The first kappa shape index (κ1) is 18.5. The van der Waals surface area contributed by atoms with E-state index in [1.165, 1.54) is 37.5 Å². The number of ether oxygens (including phenoxy) is 2. The van der Waals surface area contributed by atoms with E-state index in [-0.39, 0.29) is 28.7 Å². The highest BCUT2D eigenvalue weighted by molar-refractivity contribution is 5.99. The van der Waals surface area contributed by atoms with Crippen LogP contribution in [0.5, 0.6) is 11.5 Å². The van der Waals surface area contributed by atoms with Gasteiger partial charge in [-0.2, -0.15) is 4.98 Å². The van der Waals surface area contributed by atoms with Crippen LogP contribution in [0.15, 0.2) is 39.5 Å². The number of nitro groups is 1. The molecular formula is C18H16N4O7. The predicted octanol–water partition coefficient (Wildman–Crippen LogP) is 2.49. The molecule has 2 aromatic heterocycles. The van der Waals surface area contributed by atoms with Crippen LogP contribution in [-0.2, 0) is 0 Å². The lowest BCUT2D eigenvalue weighted by atomic mass is 9.98. The number of hydrogen-bond acceptors (Lipinski definition) is 9. The number of aromatic nitrogens is 2. The van der Waals surface area contributed by atoms with E-state index in [0.717, 1.165) is 0 Å². The Kier molecular flexibility index (Phi) is 4.63. The fraction of sp³-hybridized carbons (Fsp3) is 0.278. The van der Waals surface area contributed by atoms with E-state index in [0.29, 0.717) is 30.6 Å². The van der Waals surface area contributed by atoms with Gasteiger partial charge in [0.1, 0.15) is 5.56 Å². The third-order valence-electron chi connectivity index (χ3n) is 4.63. The molecule has 0 radical (unpaired) electrons. The second kappa shape index (κ2) is 7.26. The van der Waals surface area contributed by atoms with Gasteiger partial charge in [0.05, 0.1) is 37.4 Å². The Morgan fingerprint density at radius 3 is 2.62 bits per heavy atom. The van der Waals surface area contributed by atoms with Gasteiger partial charge in [0.25, 0.3) is 11.6 Å². The van der Waals surface area contributed by atoms with Crippen LogP contribution in [0.2, 0.25) is 0 Å². The number of benzene rings is 1. The summed E-state index contributed by atoms with van der Waals surface area (Å²) in [5.41, 5.74) is -0.429.